The number of carbonyl (C=O) groups is 1. The van der Waals surface area contributed by atoms with E-state index in [0.29, 0.717) is 24.1 Å². The van der Waals surface area contributed by atoms with Crippen molar-refractivity contribution < 1.29 is 9.18 Å². The Bertz CT molecular complexity index is 612. The average molecular weight is 258 g/mol. The van der Waals surface area contributed by atoms with Crippen molar-refractivity contribution in [2.75, 3.05) is 0 Å². The highest BCUT2D eigenvalue weighted by atomic mass is 19.1. The summed E-state index contributed by atoms with van der Waals surface area (Å²) in [6.45, 7) is 0.0468. The van der Waals surface area contributed by atoms with Crippen LogP contribution in [0.3, 0.4) is 0 Å². The Hall–Kier alpha value is -2.55. The quantitative estimate of drug-likeness (QED) is 0.766. The van der Waals surface area contributed by atoms with Crippen LogP contribution in [0.4, 0.5) is 4.39 Å². The van der Waals surface area contributed by atoms with Crippen LogP contribution in [0.1, 0.15) is 22.5 Å². The molecule has 0 N–H and O–H groups in total. The van der Waals surface area contributed by atoms with E-state index in [2.05, 4.69) is 10.3 Å². The SMILES string of the molecule is N#CCCc1cn(CC(=O)c2ccc(F)cc2)nn1. The number of ketones is 1. The van der Waals surface area contributed by atoms with Gasteiger partial charge in [0.25, 0.3) is 0 Å². The molecule has 0 bridgehead atoms. The maximum atomic E-state index is 12.7. The number of halogens is 1. The molecule has 0 atom stereocenters. The van der Waals surface area contributed by atoms with E-state index in [4.69, 9.17) is 5.26 Å². The monoisotopic (exact) mass is 258 g/mol. The Balaban J connectivity index is 2.01. The van der Waals surface area contributed by atoms with Crippen molar-refractivity contribution >= 4 is 5.78 Å². The molecule has 96 valence electrons. The van der Waals surface area contributed by atoms with E-state index in [0.717, 1.165) is 0 Å². The third-order valence-electron chi connectivity index (χ3n) is 2.55. The fourth-order valence-electron chi connectivity index (χ4n) is 1.59. The van der Waals surface area contributed by atoms with E-state index in [1.807, 2.05) is 6.07 Å². The van der Waals surface area contributed by atoms with E-state index in [1.165, 1.54) is 28.9 Å². The number of rotatable bonds is 5. The van der Waals surface area contributed by atoms with Gasteiger partial charge in [-0.15, -0.1) is 5.10 Å². The van der Waals surface area contributed by atoms with Gasteiger partial charge in [0.1, 0.15) is 12.4 Å². The largest absolute Gasteiger partial charge is 0.292 e. The lowest BCUT2D eigenvalue weighted by Gasteiger charge is -2.00. The molecule has 0 aliphatic carbocycles. The molecule has 1 aromatic heterocycles. The second kappa shape index (κ2) is 5.87. The van der Waals surface area contributed by atoms with E-state index < -0.39 is 0 Å². The molecule has 19 heavy (non-hydrogen) atoms. The molecule has 0 radical (unpaired) electrons. The molecule has 0 fully saturated rings. The van der Waals surface area contributed by atoms with Crippen LogP contribution < -0.4 is 0 Å². The molecule has 1 heterocycles. The van der Waals surface area contributed by atoms with Gasteiger partial charge in [-0.25, -0.2) is 9.07 Å². The first-order valence-corrected chi connectivity index (χ1v) is 5.74. The number of nitrogens with zero attached hydrogens (tertiary/aromatic N) is 4. The zero-order valence-corrected chi connectivity index (χ0v) is 10.1. The van der Waals surface area contributed by atoms with E-state index >= 15 is 0 Å². The molecule has 2 rings (SSSR count). The molecule has 0 amide bonds. The van der Waals surface area contributed by atoms with Gasteiger partial charge in [-0.1, -0.05) is 5.21 Å². The van der Waals surface area contributed by atoms with Crippen molar-refractivity contribution in [2.45, 2.75) is 19.4 Å². The number of nitriles is 1. The van der Waals surface area contributed by atoms with Crippen molar-refractivity contribution in [1.82, 2.24) is 15.0 Å². The first-order chi connectivity index (χ1) is 9.19. The molecule has 0 unspecified atom stereocenters. The zero-order chi connectivity index (χ0) is 13.7. The maximum Gasteiger partial charge on any atom is 0.184 e. The minimum absolute atomic E-state index is 0.0468. The third kappa shape index (κ3) is 3.45. The predicted molar refractivity (Wildman–Crippen MR) is 64.7 cm³/mol. The molecule has 0 aliphatic rings. The molecule has 0 saturated carbocycles. The molecule has 2 aromatic rings. The average Bonchev–Trinajstić information content (AvgIpc) is 2.84. The molecule has 0 aliphatic heterocycles. The second-order valence-corrected chi connectivity index (χ2v) is 4.00. The molecule has 6 heteroatoms. The second-order valence-electron chi connectivity index (χ2n) is 4.00. The van der Waals surface area contributed by atoms with Crippen LogP contribution in [-0.4, -0.2) is 20.8 Å². The molecule has 0 spiro atoms. The van der Waals surface area contributed by atoms with Gasteiger partial charge in [0.15, 0.2) is 5.78 Å². The normalized spacial score (nSPS) is 10.1. The number of hydrogen-bond acceptors (Lipinski definition) is 4. The van der Waals surface area contributed by atoms with E-state index in [-0.39, 0.29) is 18.1 Å². The fourth-order valence-corrected chi connectivity index (χ4v) is 1.59. The summed E-state index contributed by atoms with van der Waals surface area (Å²) in [5.74, 6) is -0.548. The van der Waals surface area contributed by atoms with E-state index in [9.17, 15) is 9.18 Å². The Kier molecular flexibility index (Phi) is 3.98. The van der Waals surface area contributed by atoms with Crippen molar-refractivity contribution in [3.8, 4) is 6.07 Å². The first kappa shape index (κ1) is 12.9. The van der Waals surface area contributed by atoms with Gasteiger partial charge >= 0.3 is 0 Å². The Morgan fingerprint density at radius 1 is 1.37 bits per heavy atom. The Labute approximate surface area is 109 Å². The van der Waals surface area contributed by atoms with E-state index in [1.54, 1.807) is 6.20 Å². The van der Waals surface area contributed by atoms with Gasteiger partial charge in [0.05, 0.1) is 11.8 Å². The number of aryl methyl sites for hydroxylation is 1. The third-order valence-corrected chi connectivity index (χ3v) is 2.55. The summed E-state index contributed by atoms with van der Waals surface area (Å²) in [6.07, 6.45) is 2.52. The Morgan fingerprint density at radius 2 is 2.11 bits per heavy atom. The highest BCUT2D eigenvalue weighted by molar-refractivity contribution is 5.95. The lowest BCUT2D eigenvalue weighted by Crippen LogP contribution is -2.11. The predicted octanol–water partition coefficient (Wildman–Crippen LogP) is 1.76. The van der Waals surface area contributed by atoms with Crippen LogP contribution in [-0.2, 0) is 13.0 Å². The number of carbonyl (C=O) groups excluding carboxylic acids is 1. The first-order valence-electron chi connectivity index (χ1n) is 5.74. The van der Waals surface area contributed by atoms with Crippen LogP contribution in [0.2, 0.25) is 0 Å². The molecule has 1 aromatic carbocycles. The summed E-state index contributed by atoms with van der Waals surface area (Å²) in [7, 11) is 0. The summed E-state index contributed by atoms with van der Waals surface area (Å²) in [5, 5.41) is 16.1. The van der Waals surface area contributed by atoms with Crippen LogP contribution in [0.25, 0.3) is 0 Å². The lowest BCUT2D eigenvalue weighted by molar-refractivity contribution is 0.0967. The minimum Gasteiger partial charge on any atom is -0.292 e. The highest BCUT2D eigenvalue weighted by Crippen LogP contribution is 2.05. The number of hydrogen-bond donors (Lipinski definition) is 0. The summed E-state index contributed by atoms with van der Waals surface area (Å²) in [5.41, 5.74) is 1.10. The van der Waals surface area contributed by atoms with Crippen molar-refractivity contribution in [3.05, 3.63) is 47.5 Å². The molecular formula is C13H11FN4O. The van der Waals surface area contributed by atoms with Crippen molar-refractivity contribution in [3.63, 3.8) is 0 Å². The summed E-state index contributed by atoms with van der Waals surface area (Å²) in [4.78, 5) is 11.9. The van der Waals surface area contributed by atoms with Crippen LogP contribution >= 0.6 is 0 Å². The molecule has 5 nitrogen and oxygen atoms in total. The van der Waals surface area contributed by atoms with Crippen LogP contribution in [0.15, 0.2) is 30.5 Å². The molecular weight excluding hydrogens is 247 g/mol. The summed E-state index contributed by atoms with van der Waals surface area (Å²) < 4.78 is 14.1. The van der Waals surface area contributed by atoms with Crippen LogP contribution in [0, 0.1) is 17.1 Å². The van der Waals surface area contributed by atoms with Crippen molar-refractivity contribution in [1.29, 1.82) is 5.26 Å². The van der Waals surface area contributed by atoms with Gasteiger partial charge in [-0.2, -0.15) is 5.26 Å². The topological polar surface area (TPSA) is 71.6 Å². The minimum atomic E-state index is -0.379. The highest BCUT2D eigenvalue weighted by Gasteiger charge is 2.08. The number of Topliss-reactive ketones (excluding diaryl/α,β-unsaturated/α-hetero) is 1. The van der Waals surface area contributed by atoms with Gasteiger partial charge in [-0.3, -0.25) is 4.79 Å². The van der Waals surface area contributed by atoms with Gasteiger partial charge in [-0.05, 0) is 24.3 Å². The Morgan fingerprint density at radius 3 is 2.79 bits per heavy atom. The van der Waals surface area contributed by atoms with Gasteiger partial charge < -0.3 is 0 Å². The maximum absolute atomic E-state index is 12.7. The van der Waals surface area contributed by atoms with Gasteiger partial charge in [0.2, 0.25) is 0 Å². The summed E-state index contributed by atoms with van der Waals surface area (Å²) in [6, 6.07) is 7.38. The zero-order valence-electron chi connectivity index (χ0n) is 10.1. The van der Waals surface area contributed by atoms with Crippen molar-refractivity contribution in [2.24, 2.45) is 0 Å². The fraction of sp³-hybridized carbons (Fsp3) is 0.231. The summed E-state index contributed by atoms with van der Waals surface area (Å²) >= 11 is 0. The standard InChI is InChI=1S/C13H11FN4O/c14-11-5-3-10(4-6-11)13(19)9-18-8-12(16-17-18)2-1-7-15/h3-6,8H,1-2,9H2. The molecule has 0 saturated heterocycles. The number of benzene rings is 1. The smallest absolute Gasteiger partial charge is 0.184 e. The number of aromatic nitrogens is 3. The van der Waals surface area contributed by atoms with Crippen LogP contribution in [0.5, 0.6) is 0 Å². The van der Waals surface area contributed by atoms with Gasteiger partial charge in [0, 0.05) is 24.6 Å². The lowest BCUT2D eigenvalue weighted by atomic mass is 10.1.